The van der Waals surface area contributed by atoms with E-state index in [0.717, 1.165) is 12.8 Å². The zero-order chi connectivity index (χ0) is 15.7. The molecule has 0 spiro atoms. The second kappa shape index (κ2) is 8.39. The Bertz CT molecular complexity index is 461. The van der Waals surface area contributed by atoms with Gasteiger partial charge < -0.3 is 15.8 Å². The summed E-state index contributed by atoms with van der Waals surface area (Å²) in [7, 11) is 0. The Labute approximate surface area is 122 Å². The van der Waals surface area contributed by atoms with Crippen molar-refractivity contribution in [2.75, 3.05) is 13.1 Å². The Kier molecular flexibility index (Phi) is 6.84. The van der Waals surface area contributed by atoms with E-state index in [1.54, 1.807) is 12.1 Å². The summed E-state index contributed by atoms with van der Waals surface area (Å²) >= 11 is 0. The van der Waals surface area contributed by atoms with Gasteiger partial charge in [0, 0.05) is 13.1 Å². The topological polar surface area (TPSA) is 59.6 Å². The molecule has 0 unspecified atom stereocenters. The quantitative estimate of drug-likeness (QED) is 0.462. The number of alkyl halides is 3. The van der Waals surface area contributed by atoms with Gasteiger partial charge in [-0.2, -0.15) is 0 Å². The molecule has 0 radical (unpaired) electrons. The zero-order valence-electron chi connectivity index (χ0n) is 11.9. The molecule has 7 heteroatoms. The predicted octanol–water partition coefficient (Wildman–Crippen LogP) is 2.83. The van der Waals surface area contributed by atoms with Crippen LogP contribution in [0.4, 0.5) is 13.2 Å². The highest BCUT2D eigenvalue weighted by Crippen LogP contribution is 2.26. The highest BCUT2D eigenvalue weighted by atomic mass is 19.4. The van der Waals surface area contributed by atoms with Gasteiger partial charge in [0.05, 0.1) is 0 Å². The average molecular weight is 303 g/mol. The van der Waals surface area contributed by atoms with E-state index in [0.29, 0.717) is 31.0 Å². The highest BCUT2D eigenvalue weighted by molar-refractivity contribution is 5.77. The number of unbranched alkanes of at least 4 members (excludes halogenated alkanes) is 1. The molecule has 1 aromatic rings. The van der Waals surface area contributed by atoms with Gasteiger partial charge in [-0.05, 0) is 24.5 Å². The van der Waals surface area contributed by atoms with Crippen molar-refractivity contribution in [1.29, 1.82) is 0 Å². The fraction of sp³-hybridized carbons (Fsp3) is 0.500. The number of nitrogens with one attached hydrogen (secondary N) is 1. The first kappa shape index (κ1) is 17.1. The molecular formula is C14H20F3N3O. The van der Waals surface area contributed by atoms with Gasteiger partial charge in [0.1, 0.15) is 5.75 Å². The maximum absolute atomic E-state index is 12.3. The van der Waals surface area contributed by atoms with E-state index < -0.39 is 6.36 Å². The minimum atomic E-state index is -4.69. The van der Waals surface area contributed by atoms with Crippen LogP contribution in [0, 0.1) is 0 Å². The molecule has 0 aromatic heterocycles. The Morgan fingerprint density at radius 2 is 2.05 bits per heavy atom. The van der Waals surface area contributed by atoms with E-state index >= 15 is 0 Å². The van der Waals surface area contributed by atoms with Gasteiger partial charge in [-0.15, -0.1) is 13.2 Å². The molecule has 0 fully saturated rings. The fourth-order valence-electron chi connectivity index (χ4n) is 1.67. The van der Waals surface area contributed by atoms with Crippen molar-refractivity contribution in [3.63, 3.8) is 0 Å². The Hall–Kier alpha value is -1.92. The van der Waals surface area contributed by atoms with Crippen LogP contribution < -0.4 is 15.8 Å². The maximum atomic E-state index is 12.3. The number of nitrogens with zero attached hydrogens (tertiary/aromatic N) is 1. The lowest BCUT2D eigenvalue weighted by molar-refractivity contribution is -0.274. The zero-order valence-corrected chi connectivity index (χ0v) is 11.9. The van der Waals surface area contributed by atoms with Crippen LogP contribution in [-0.4, -0.2) is 25.4 Å². The van der Waals surface area contributed by atoms with E-state index in [4.69, 9.17) is 5.73 Å². The first-order chi connectivity index (χ1) is 9.92. The Balaban J connectivity index is 2.50. The van der Waals surface area contributed by atoms with E-state index in [9.17, 15) is 13.2 Å². The van der Waals surface area contributed by atoms with Crippen molar-refractivity contribution in [2.45, 2.75) is 32.5 Å². The summed E-state index contributed by atoms with van der Waals surface area (Å²) in [5.74, 6) is 0.117. The van der Waals surface area contributed by atoms with Crippen LogP contribution >= 0.6 is 0 Å². The molecule has 0 saturated carbocycles. The molecule has 21 heavy (non-hydrogen) atoms. The monoisotopic (exact) mass is 303 g/mol. The number of hydrogen-bond acceptors (Lipinski definition) is 2. The minimum Gasteiger partial charge on any atom is -0.406 e. The molecule has 0 aliphatic carbocycles. The SMILES string of the molecule is CCCCN=C(N)NCCc1ccccc1OC(F)(F)F. The van der Waals surface area contributed by atoms with E-state index in [1.165, 1.54) is 12.1 Å². The lowest BCUT2D eigenvalue weighted by Crippen LogP contribution is -2.33. The number of rotatable bonds is 7. The lowest BCUT2D eigenvalue weighted by Gasteiger charge is -2.13. The van der Waals surface area contributed by atoms with E-state index in [-0.39, 0.29) is 5.75 Å². The molecule has 3 N–H and O–H groups in total. The van der Waals surface area contributed by atoms with Gasteiger partial charge in [0.25, 0.3) is 0 Å². The van der Waals surface area contributed by atoms with Crippen molar-refractivity contribution in [1.82, 2.24) is 5.32 Å². The fourth-order valence-corrected chi connectivity index (χ4v) is 1.67. The molecule has 0 bridgehead atoms. The van der Waals surface area contributed by atoms with E-state index in [1.807, 2.05) is 0 Å². The van der Waals surface area contributed by atoms with Crippen molar-refractivity contribution in [2.24, 2.45) is 10.7 Å². The molecule has 0 heterocycles. The number of benzene rings is 1. The molecule has 1 rings (SSSR count). The van der Waals surface area contributed by atoms with Crippen LogP contribution in [0.25, 0.3) is 0 Å². The number of halogens is 3. The summed E-state index contributed by atoms with van der Waals surface area (Å²) in [5.41, 5.74) is 6.11. The molecule has 4 nitrogen and oxygen atoms in total. The van der Waals surface area contributed by atoms with Gasteiger partial charge in [0.15, 0.2) is 5.96 Å². The summed E-state index contributed by atoms with van der Waals surface area (Å²) in [6.45, 7) is 3.08. The largest absolute Gasteiger partial charge is 0.573 e. The normalized spacial score (nSPS) is 12.3. The van der Waals surface area contributed by atoms with Gasteiger partial charge in [0.2, 0.25) is 0 Å². The molecule has 0 amide bonds. The number of aliphatic imine (C=N–C) groups is 1. The first-order valence-electron chi connectivity index (χ1n) is 6.80. The Morgan fingerprint density at radius 3 is 2.71 bits per heavy atom. The number of ether oxygens (including phenoxy) is 1. The minimum absolute atomic E-state index is 0.187. The van der Waals surface area contributed by atoms with Crippen molar-refractivity contribution >= 4 is 5.96 Å². The smallest absolute Gasteiger partial charge is 0.406 e. The standard InChI is InChI=1S/C14H20F3N3O/c1-2-3-9-19-13(18)20-10-8-11-6-4-5-7-12(11)21-14(15,16)17/h4-7H,2-3,8-10H2,1H3,(H3,18,19,20). The molecule has 0 aliphatic rings. The molecule has 0 aliphatic heterocycles. The van der Waals surface area contributed by atoms with Crippen molar-refractivity contribution in [3.05, 3.63) is 29.8 Å². The lowest BCUT2D eigenvalue weighted by atomic mass is 10.1. The first-order valence-corrected chi connectivity index (χ1v) is 6.80. The van der Waals surface area contributed by atoms with Crippen molar-refractivity contribution in [3.8, 4) is 5.75 Å². The van der Waals surface area contributed by atoms with Crippen LogP contribution in [0.15, 0.2) is 29.3 Å². The molecule has 1 aromatic carbocycles. The summed E-state index contributed by atoms with van der Waals surface area (Å²) in [4.78, 5) is 4.10. The Morgan fingerprint density at radius 1 is 1.33 bits per heavy atom. The third kappa shape index (κ3) is 7.43. The molecule has 118 valence electrons. The third-order valence-electron chi connectivity index (χ3n) is 2.69. The van der Waals surface area contributed by atoms with Crippen LogP contribution in [-0.2, 0) is 6.42 Å². The van der Waals surface area contributed by atoms with Crippen LogP contribution in [0.5, 0.6) is 5.75 Å². The summed E-state index contributed by atoms with van der Waals surface area (Å²) in [6.07, 6.45) is -2.36. The highest BCUT2D eigenvalue weighted by Gasteiger charge is 2.31. The van der Waals surface area contributed by atoms with Gasteiger partial charge in [-0.1, -0.05) is 31.5 Å². The molecule has 0 atom stereocenters. The predicted molar refractivity (Wildman–Crippen MR) is 76.2 cm³/mol. The summed E-state index contributed by atoms with van der Waals surface area (Å²) in [6, 6.07) is 6.05. The van der Waals surface area contributed by atoms with Gasteiger partial charge >= 0.3 is 6.36 Å². The second-order valence-corrected chi connectivity index (χ2v) is 4.45. The van der Waals surface area contributed by atoms with E-state index in [2.05, 4.69) is 22.0 Å². The second-order valence-electron chi connectivity index (χ2n) is 4.45. The van der Waals surface area contributed by atoms with Crippen LogP contribution in [0.1, 0.15) is 25.3 Å². The maximum Gasteiger partial charge on any atom is 0.573 e. The molecule has 0 saturated heterocycles. The third-order valence-corrected chi connectivity index (χ3v) is 2.69. The average Bonchev–Trinajstić information content (AvgIpc) is 2.39. The van der Waals surface area contributed by atoms with Crippen LogP contribution in [0.2, 0.25) is 0 Å². The number of guanidine groups is 1. The summed E-state index contributed by atoms with van der Waals surface area (Å²) in [5, 5.41) is 2.87. The van der Waals surface area contributed by atoms with Gasteiger partial charge in [-0.25, -0.2) is 0 Å². The number of para-hydroxylation sites is 1. The molecular weight excluding hydrogens is 283 g/mol. The number of hydrogen-bond donors (Lipinski definition) is 2. The van der Waals surface area contributed by atoms with Gasteiger partial charge in [-0.3, -0.25) is 4.99 Å². The van der Waals surface area contributed by atoms with Crippen molar-refractivity contribution < 1.29 is 17.9 Å². The summed E-state index contributed by atoms with van der Waals surface area (Å²) < 4.78 is 40.8. The number of nitrogens with two attached hydrogens (primary N) is 1. The van der Waals surface area contributed by atoms with Crippen LogP contribution in [0.3, 0.4) is 0 Å².